The number of pyridine rings is 1. The summed E-state index contributed by atoms with van der Waals surface area (Å²) in [6, 6.07) is 8.49. The van der Waals surface area contributed by atoms with Crippen LogP contribution >= 0.6 is 0 Å². The lowest BCUT2D eigenvalue weighted by Crippen LogP contribution is -2.43. The Kier molecular flexibility index (Phi) is 4.06. The fourth-order valence-corrected chi connectivity index (χ4v) is 4.26. The smallest absolute Gasteiger partial charge is 0.251 e. The number of likely N-dealkylation sites (N-methyl/N-ethyl adjacent to an activating group) is 1. The van der Waals surface area contributed by atoms with Crippen molar-refractivity contribution in [3.05, 3.63) is 70.0 Å². The lowest BCUT2D eigenvalue weighted by atomic mass is 9.96. The molecule has 1 amide bonds. The van der Waals surface area contributed by atoms with E-state index in [9.17, 15) is 4.79 Å². The van der Waals surface area contributed by atoms with Gasteiger partial charge in [-0.15, -0.1) is 0 Å². The summed E-state index contributed by atoms with van der Waals surface area (Å²) >= 11 is 0. The zero-order chi connectivity index (χ0) is 18.4. The van der Waals surface area contributed by atoms with Crippen LogP contribution < -0.4 is 5.32 Å². The molecule has 3 heterocycles. The molecule has 0 bridgehead atoms. The molecule has 0 atom stereocenters. The number of carbonyl (C=O) groups excluding carboxylic acids is 1. The number of piperazine rings is 1. The van der Waals surface area contributed by atoms with E-state index in [0.717, 1.165) is 56.0 Å². The van der Waals surface area contributed by atoms with Gasteiger partial charge in [0.15, 0.2) is 0 Å². The maximum absolute atomic E-state index is 11.8. The van der Waals surface area contributed by atoms with E-state index in [1.54, 1.807) is 0 Å². The summed E-state index contributed by atoms with van der Waals surface area (Å²) in [5.41, 5.74) is 8.01. The van der Waals surface area contributed by atoms with Crippen LogP contribution in [0.1, 0.15) is 38.3 Å². The van der Waals surface area contributed by atoms with Crippen LogP contribution in [0.4, 0.5) is 0 Å². The molecule has 1 N–H and O–H groups in total. The molecule has 0 spiro atoms. The van der Waals surface area contributed by atoms with Crippen molar-refractivity contribution in [1.29, 1.82) is 0 Å². The first kappa shape index (κ1) is 16.7. The zero-order valence-electron chi connectivity index (χ0n) is 15.7. The number of aromatic nitrogens is 1. The van der Waals surface area contributed by atoms with E-state index in [1.807, 2.05) is 12.3 Å². The Labute approximate surface area is 159 Å². The third-order valence-electron chi connectivity index (χ3n) is 5.92. The number of hydrogen-bond acceptors (Lipinski definition) is 4. The molecule has 0 saturated carbocycles. The molecule has 5 nitrogen and oxygen atoms in total. The number of fused-ring (bicyclic) bond motifs is 2. The lowest BCUT2D eigenvalue weighted by Gasteiger charge is -2.32. The van der Waals surface area contributed by atoms with Gasteiger partial charge in [0.25, 0.3) is 5.91 Å². The van der Waals surface area contributed by atoms with E-state index in [-0.39, 0.29) is 5.91 Å². The Balaban J connectivity index is 1.40. The standard InChI is InChI=1S/C22H24N4O/c1-25-6-8-26(9-7-25)14-15-10-20-18(4-5-21(20)23-12-15)16-2-3-19-17(11-16)13-24-22(19)27/h2-4,10-12H,5-9,13-14H2,1H3,(H,24,27). The highest BCUT2D eigenvalue weighted by molar-refractivity contribution is 5.99. The molecule has 1 saturated heterocycles. The molecular weight excluding hydrogens is 336 g/mol. The first-order valence-corrected chi connectivity index (χ1v) is 9.68. The number of carbonyl (C=O) groups is 1. The van der Waals surface area contributed by atoms with Gasteiger partial charge in [-0.25, -0.2) is 0 Å². The van der Waals surface area contributed by atoms with Crippen molar-refractivity contribution in [3.8, 4) is 0 Å². The topological polar surface area (TPSA) is 48.5 Å². The minimum atomic E-state index is 0.0356. The van der Waals surface area contributed by atoms with Gasteiger partial charge in [0.05, 0.1) is 5.69 Å². The van der Waals surface area contributed by atoms with Crippen LogP contribution in [-0.2, 0) is 19.5 Å². The van der Waals surface area contributed by atoms with Crippen molar-refractivity contribution >= 4 is 11.5 Å². The molecule has 0 unspecified atom stereocenters. The van der Waals surface area contributed by atoms with Crippen molar-refractivity contribution in [3.63, 3.8) is 0 Å². The monoisotopic (exact) mass is 360 g/mol. The third kappa shape index (κ3) is 3.07. The van der Waals surface area contributed by atoms with Gasteiger partial charge >= 0.3 is 0 Å². The summed E-state index contributed by atoms with van der Waals surface area (Å²) in [5.74, 6) is 0.0356. The third-order valence-corrected chi connectivity index (χ3v) is 5.92. The van der Waals surface area contributed by atoms with E-state index in [4.69, 9.17) is 4.98 Å². The number of allylic oxidation sites excluding steroid dienone is 1. The Hall–Kier alpha value is -2.50. The Morgan fingerprint density at radius 2 is 1.96 bits per heavy atom. The van der Waals surface area contributed by atoms with Gasteiger partial charge in [-0.2, -0.15) is 0 Å². The van der Waals surface area contributed by atoms with E-state index in [1.165, 1.54) is 22.3 Å². The summed E-state index contributed by atoms with van der Waals surface area (Å²) in [6.45, 7) is 6.08. The van der Waals surface area contributed by atoms with Gasteiger partial charge in [-0.05, 0) is 47.5 Å². The highest BCUT2D eigenvalue weighted by Crippen LogP contribution is 2.34. The van der Waals surface area contributed by atoms with Crippen molar-refractivity contribution in [1.82, 2.24) is 20.1 Å². The number of benzene rings is 1. The number of hydrogen-bond donors (Lipinski definition) is 1. The second-order valence-corrected chi connectivity index (χ2v) is 7.79. The second-order valence-electron chi connectivity index (χ2n) is 7.79. The molecule has 138 valence electrons. The molecule has 1 fully saturated rings. The number of rotatable bonds is 3. The number of nitrogens with one attached hydrogen (secondary N) is 1. The summed E-state index contributed by atoms with van der Waals surface area (Å²) in [7, 11) is 2.19. The van der Waals surface area contributed by atoms with Crippen LogP contribution in [0.25, 0.3) is 5.57 Å². The molecule has 1 aromatic heterocycles. The molecule has 3 aliphatic rings. The largest absolute Gasteiger partial charge is 0.348 e. The average Bonchev–Trinajstić information content (AvgIpc) is 3.27. The fraction of sp³-hybridized carbons (Fsp3) is 0.364. The highest BCUT2D eigenvalue weighted by Gasteiger charge is 2.23. The Morgan fingerprint density at radius 1 is 1.11 bits per heavy atom. The van der Waals surface area contributed by atoms with Crippen LogP contribution in [0.5, 0.6) is 0 Å². The lowest BCUT2D eigenvalue weighted by molar-refractivity contribution is 0.0966. The van der Waals surface area contributed by atoms with Crippen molar-refractivity contribution in [2.45, 2.75) is 19.5 Å². The highest BCUT2D eigenvalue weighted by atomic mass is 16.1. The van der Waals surface area contributed by atoms with Gasteiger partial charge in [-0.3, -0.25) is 14.7 Å². The first-order chi connectivity index (χ1) is 13.2. The minimum absolute atomic E-state index is 0.0356. The molecule has 1 aliphatic carbocycles. The van der Waals surface area contributed by atoms with Crippen LogP contribution in [0.2, 0.25) is 0 Å². The molecule has 1 aromatic carbocycles. The van der Waals surface area contributed by atoms with Crippen LogP contribution in [0.3, 0.4) is 0 Å². The minimum Gasteiger partial charge on any atom is -0.348 e. The number of amides is 1. The SMILES string of the molecule is CN1CCN(Cc2cnc3c(c2)C(c2ccc4c(c2)CNC4=O)=CC3)CC1. The van der Waals surface area contributed by atoms with Crippen molar-refractivity contribution in [2.24, 2.45) is 0 Å². The summed E-state index contributed by atoms with van der Waals surface area (Å²) < 4.78 is 0. The molecular formula is C22H24N4O. The maximum Gasteiger partial charge on any atom is 0.251 e. The quantitative estimate of drug-likeness (QED) is 0.910. The first-order valence-electron chi connectivity index (χ1n) is 9.68. The zero-order valence-corrected chi connectivity index (χ0v) is 15.7. The summed E-state index contributed by atoms with van der Waals surface area (Å²) in [6.07, 6.45) is 5.19. The summed E-state index contributed by atoms with van der Waals surface area (Å²) in [5, 5.41) is 2.90. The summed E-state index contributed by atoms with van der Waals surface area (Å²) in [4.78, 5) is 21.4. The van der Waals surface area contributed by atoms with Crippen LogP contribution in [0, 0.1) is 0 Å². The van der Waals surface area contributed by atoms with E-state index in [0.29, 0.717) is 6.54 Å². The van der Waals surface area contributed by atoms with Crippen LogP contribution in [-0.4, -0.2) is 53.9 Å². The van der Waals surface area contributed by atoms with Crippen LogP contribution in [0.15, 0.2) is 36.5 Å². The van der Waals surface area contributed by atoms with E-state index in [2.05, 4.69) is 46.4 Å². The molecule has 5 rings (SSSR count). The van der Waals surface area contributed by atoms with Crippen molar-refractivity contribution < 1.29 is 4.79 Å². The molecule has 0 radical (unpaired) electrons. The maximum atomic E-state index is 11.8. The van der Waals surface area contributed by atoms with Crippen molar-refractivity contribution in [2.75, 3.05) is 33.2 Å². The average molecular weight is 360 g/mol. The Morgan fingerprint density at radius 3 is 2.81 bits per heavy atom. The molecule has 27 heavy (non-hydrogen) atoms. The number of nitrogens with zero attached hydrogens (tertiary/aromatic N) is 3. The van der Waals surface area contributed by atoms with Gasteiger partial charge in [0.1, 0.15) is 0 Å². The van der Waals surface area contributed by atoms with E-state index >= 15 is 0 Å². The van der Waals surface area contributed by atoms with Gasteiger partial charge < -0.3 is 10.2 Å². The van der Waals surface area contributed by atoms with Gasteiger partial charge in [0.2, 0.25) is 0 Å². The Bertz CT molecular complexity index is 941. The van der Waals surface area contributed by atoms with Gasteiger partial charge in [-0.1, -0.05) is 12.1 Å². The molecule has 2 aromatic rings. The predicted molar refractivity (Wildman–Crippen MR) is 105 cm³/mol. The van der Waals surface area contributed by atoms with E-state index < -0.39 is 0 Å². The molecule has 2 aliphatic heterocycles. The fourth-order valence-electron chi connectivity index (χ4n) is 4.26. The normalized spacial score (nSPS) is 19.6. The second kappa shape index (κ2) is 6.59. The predicted octanol–water partition coefficient (Wildman–Crippen LogP) is 2.06. The molecule has 5 heteroatoms. The van der Waals surface area contributed by atoms with Gasteiger partial charge in [0, 0.05) is 63.0 Å².